The van der Waals surface area contributed by atoms with Crippen molar-refractivity contribution in [1.82, 2.24) is 24.0 Å². The number of rotatable bonds is 3. The van der Waals surface area contributed by atoms with E-state index in [1.54, 1.807) is 10.8 Å². The highest BCUT2D eigenvalue weighted by Crippen LogP contribution is 2.29. The van der Waals surface area contributed by atoms with Gasteiger partial charge >= 0.3 is 5.69 Å². The van der Waals surface area contributed by atoms with Gasteiger partial charge in [0.15, 0.2) is 0 Å². The second-order valence-corrected chi connectivity index (χ2v) is 7.83. The Labute approximate surface area is 175 Å². The normalized spacial score (nSPS) is 19.2. The number of para-hydroxylation sites is 1. The van der Waals surface area contributed by atoms with Gasteiger partial charge in [-0.1, -0.05) is 24.3 Å². The smallest absolute Gasteiger partial charge is 0.299 e. The number of hydrogen-bond acceptors (Lipinski definition) is 4. The van der Waals surface area contributed by atoms with Gasteiger partial charge in [0.1, 0.15) is 6.33 Å². The van der Waals surface area contributed by atoms with E-state index in [2.05, 4.69) is 14.9 Å². The minimum atomic E-state index is -0.232. The Balaban J connectivity index is 0.000000272. The summed E-state index contributed by atoms with van der Waals surface area (Å²) in [6, 6.07) is 18.9. The maximum absolute atomic E-state index is 11.9. The number of fused-ring (bicyclic) bond motifs is 2. The van der Waals surface area contributed by atoms with Crippen molar-refractivity contribution in [2.45, 2.75) is 32.4 Å². The summed E-state index contributed by atoms with van der Waals surface area (Å²) in [6.07, 6.45) is 6.54. The van der Waals surface area contributed by atoms with Crippen LogP contribution in [0, 0.1) is 0 Å². The standard InChI is InChI=1S/C19H16N4O.C5H9N/c1-2-22-11-10-16(21-19(22)24)14-8-9-18-17(12-14)20-13-23(18)15-6-4-3-5-7-15;1-2-5-4-6(5)3-1/h3-13H,2H2,1H3;5H,1-4H2. The SMILES string of the molecule is C1CC2CN2C1.CCn1ccc(-c2ccc3c(c2)ncn3-c2ccccc2)nc1=O. The third kappa shape index (κ3) is 3.66. The van der Waals surface area contributed by atoms with Gasteiger partial charge in [0.2, 0.25) is 0 Å². The highest BCUT2D eigenvalue weighted by molar-refractivity contribution is 5.82. The van der Waals surface area contributed by atoms with Crippen LogP contribution in [0.1, 0.15) is 19.8 Å². The Bertz CT molecular complexity index is 1220. The highest BCUT2D eigenvalue weighted by atomic mass is 16.1. The fraction of sp³-hybridized carbons (Fsp3) is 0.292. The van der Waals surface area contributed by atoms with E-state index in [-0.39, 0.29) is 5.69 Å². The zero-order valence-electron chi connectivity index (χ0n) is 17.1. The van der Waals surface area contributed by atoms with E-state index < -0.39 is 0 Å². The summed E-state index contributed by atoms with van der Waals surface area (Å²) >= 11 is 0. The number of aryl methyl sites for hydroxylation is 1. The molecule has 2 aliphatic heterocycles. The molecule has 6 nitrogen and oxygen atoms in total. The van der Waals surface area contributed by atoms with Crippen molar-refractivity contribution in [3.8, 4) is 16.9 Å². The molecule has 2 fully saturated rings. The number of aromatic nitrogens is 4. The van der Waals surface area contributed by atoms with Crippen LogP contribution in [0.2, 0.25) is 0 Å². The predicted molar refractivity (Wildman–Crippen MR) is 119 cm³/mol. The van der Waals surface area contributed by atoms with Crippen LogP contribution in [-0.2, 0) is 6.54 Å². The van der Waals surface area contributed by atoms with E-state index >= 15 is 0 Å². The van der Waals surface area contributed by atoms with E-state index in [1.165, 1.54) is 25.9 Å². The zero-order chi connectivity index (χ0) is 20.5. The molecule has 2 unspecified atom stereocenters. The van der Waals surface area contributed by atoms with Crippen LogP contribution in [-0.4, -0.2) is 43.1 Å². The molecular weight excluding hydrogens is 374 g/mol. The van der Waals surface area contributed by atoms with E-state index in [0.717, 1.165) is 28.3 Å². The molecule has 0 amide bonds. The summed E-state index contributed by atoms with van der Waals surface area (Å²) in [4.78, 5) is 23.1. The largest absolute Gasteiger partial charge is 0.348 e. The summed E-state index contributed by atoms with van der Waals surface area (Å²) in [6.45, 7) is 5.35. The highest BCUT2D eigenvalue weighted by Gasteiger charge is 2.37. The molecule has 0 radical (unpaired) electrons. The van der Waals surface area contributed by atoms with Gasteiger partial charge in [-0.25, -0.2) is 9.78 Å². The average Bonchev–Trinajstić information content (AvgIpc) is 3.19. The summed E-state index contributed by atoms with van der Waals surface area (Å²) in [5.41, 5.74) is 4.29. The molecule has 2 atom stereocenters. The Morgan fingerprint density at radius 2 is 1.97 bits per heavy atom. The molecule has 0 spiro atoms. The summed E-state index contributed by atoms with van der Waals surface area (Å²) in [7, 11) is 0. The molecule has 4 aromatic rings. The Hall–Kier alpha value is -3.25. The van der Waals surface area contributed by atoms with Crippen LogP contribution in [0.25, 0.3) is 28.0 Å². The molecule has 0 aliphatic carbocycles. The van der Waals surface area contributed by atoms with Gasteiger partial charge in [0, 0.05) is 36.6 Å². The van der Waals surface area contributed by atoms with Gasteiger partial charge < -0.3 is 0 Å². The topological polar surface area (TPSA) is 55.7 Å². The lowest BCUT2D eigenvalue weighted by Gasteiger charge is -2.06. The van der Waals surface area contributed by atoms with Crippen molar-refractivity contribution in [3.63, 3.8) is 0 Å². The van der Waals surface area contributed by atoms with Crippen molar-refractivity contribution in [2.75, 3.05) is 13.1 Å². The van der Waals surface area contributed by atoms with Crippen molar-refractivity contribution in [1.29, 1.82) is 0 Å². The molecule has 152 valence electrons. The fourth-order valence-electron chi connectivity index (χ4n) is 4.10. The summed E-state index contributed by atoms with van der Waals surface area (Å²) < 4.78 is 3.62. The van der Waals surface area contributed by atoms with Gasteiger partial charge in [-0.2, -0.15) is 4.98 Å². The number of benzene rings is 2. The van der Waals surface area contributed by atoms with Crippen molar-refractivity contribution < 1.29 is 0 Å². The minimum Gasteiger partial charge on any atom is -0.299 e. The zero-order valence-corrected chi connectivity index (χ0v) is 17.1. The molecule has 0 N–H and O–H groups in total. The molecule has 2 aromatic heterocycles. The van der Waals surface area contributed by atoms with Crippen LogP contribution >= 0.6 is 0 Å². The maximum Gasteiger partial charge on any atom is 0.348 e. The van der Waals surface area contributed by atoms with Gasteiger partial charge in [-0.05, 0) is 56.6 Å². The van der Waals surface area contributed by atoms with Crippen LogP contribution in [0.3, 0.4) is 0 Å². The summed E-state index contributed by atoms with van der Waals surface area (Å²) in [5, 5.41) is 0. The van der Waals surface area contributed by atoms with Gasteiger partial charge in [-0.3, -0.25) is 14.0 Å². The Morgan fingerprint density at radius 1 is 1.10 bits per heavy atom. The van der Waals surface area contributed by atoms with Crippen LogP contribution in [0.4, 0.5) is 0 Å². The number of hydrogen-bond donors (Lipinski definition) is 0. The lowest BCUT2D eigenvalue weighted by Crippen LogP contribution is -2.21. The lowest BCUT2D eigenvalue weighted by molar-refractivity contribution is 0.593. The van der Waals surface area contributed by atoms with Gasteiger partial charge in [-0.15, -0.1) is 0 Å². The molecule has 2 aliphatic rings. The van der Waals surface area contributed by atoms with Crippen LogP contribution in [0.15, 0.2) is 71.9 Å². The van der Waals surface area contributed by atoms with Crippen molar-refractivity contribution in [3.05, 3.63) is 77.6 Å². The second kappa shape index (κ2) is 7.88. The van der Waals surface area contributed by atoms with E-state index in [1.807, 2.05) is 72.4 Å². The predicted octanol–water partition coefficient (Wildman–Crippen LogP) is 3.73. The van der Waals surface area contributed by atoms with E-state index in [0.29, 0.717) is 12.2 Å². The molecule has 4 heterocycles. The molecule has 30 heavy (non-hydrogen) atoms. The first kappa shape index (κ1) is 18.8. The first-order chi connectivity index (χ1) is 14.7. The Morgan fingerprint density at radius 3 is 2.60 bits per heavy atom. The Kier molecular flexibility index (Phi) is 4.93. The molecule has 0 bridgehead atoms. The third-order valence-electron chi connectivity index (χ3n) is 5.90. The average molecular weight is 399 g/mol. The summed E-state index contributed by atoms with van der Waals surface area (Å²) in [5.74, 6) is 0. The molecule has 0 saturated carbocycles. The molecule has 2 aromatic carbocycles. The van der Waals surface area contributed by atoms with E-state index in [9.17, 15) is 4.79 Å². The monoisotopic (exact) mass is 399 g/mol. The number of imidazole rings is 1. The van der Waals surface area contributed by atoms with Crippen molar-refractivity contribution >= 4 is 11.0 Å². The quantitative estimate of drug-likeness (QED) is 0.493. The number of piperidine rings is 1. The van der Waals surface area contributed by atoms with Gasteiger partial charge in [0.25, 0.3) is 0 Å². The van der Waals surface area contributed by atoms with E-state index in [4.69, 9.17) is 0 Å². The van der Waals surface area contributed by atoms with Crippen LogP contribution in [0.5, 0.6) is 0 Å². The first-order valence-corrected chi connectivity index (χ1v) is 10.6. The molecular formula is C24H25N5O. The lowest BCUT2D eigenvalue weighted by atomic mass is 10.1. The number of nitrogens with zero attached hydrogens (tertiary/aromatic N) is 5. The first-order valence-electron chi connectivity index (χ1n) is 10.6. The minimum absolute atomic E-state index is 0.232. The molecule has 6 heteroatoms. The van der Waals surface area contributed by atoms with Gasteiger partial charge in [0.05, 0.1) is 16.7 Å². The van der Waals surface area contributed by atoms with Crippen molar-refractivity contribution in [2.24, 2.45) is 0 Å². The molecule has 2 saturated heterocycles. The molecule has 6 rings (SSSR count). The second-order valence-electron chi connectivity index (χ2n) is 7.83. The van der Waals surface area contributed by atoms with Crippen LogP contribution < -0.4 is 5.69 Å². The third-order valence-corrected chi connectivity index (χ3v) is 5.90. The fourth-order valence-corrected chi connectivity index (χ4v) is 4.10. The maximum atomic E-state index is 11.9.